The fourth-order valence-corrected chi connectivity index (χ4v) is 5.37. The van der Waals surface area contributed by atoms with E-state index in [9.17, 15) is 27.9 Å². The normalized spacial score (nSPS) is 24.0. The molecule has 0 spiro atoms. The number of amides is 2. The number of carboxylic acids is 1. The van der Waals surface area contributed by atoms with E-state index in [1.165, 1.54) is 18.2 Å². The van der Waals surface area contributed by atoms with Crippen molar-refractivity contribution in [2.45, 2.75) is 50.1 Å². The van der Waals surface area contributed by atoms with Gasteiger partial charge in [-0.25, -0.2) is 12.7 Å². The summed E-state index contributed by atoms with van der Waals surface area (Å²) in [4.78, 5) is 35.8. The van der Waals surface area contributed by atoms with Gasteiger partial charge in [0.15, 0.2) is 0 Å². The van der Waals surface area contributed by atoms with Gasteiger partial charge in [0.2, 0.25) is 0 Å². The number of sulfonamides is 1. The Morgan fingerprint density at radius 1 is 1.27 bits per heavy atom. The van der Waals surface area contributed by atoms with Gasteiger partial charge >= 0.3 is 5.97 Å². The van der Waals surface area contributed by atoms with Crippen molar-refractivity contribution in [1.29, 1.82) is 0 Å². The van der Waals surface area contributed by atoms with Crippen LogP contribution in [0.1, 0.15) is 53.8 Å². The van der Waals surface area contributed by atoms with Crippen LogP contribution >= 0.6 is 0 Å². The second-order valence-corrected chi connectivity index (χ2v) is 8.65. The molecule has 0 bridgehead atoms. The molecule has 1 aliphatic carbocycles. The van der Waals surface area contributed by atoms with Crippen LogP contribution in [0.2, 0.25) is 0 Å². The molecule has 8 nitrogen and oxygen atoms in total. The van der Waals surface area contributed by atoms with Crippen molar-refractivity contribution < 1.29 is 27.9 Å². The van der Waals surface area contributed by atoms with Crippen LogP contribution in [0.15, 0.2) is 23.1 Å². The third-order valence-electron chi connectivity index (χ3n) is 4.83. The number of hydrogen-bond acceptors (Lipinski definition) is 5. The van der Waals surface area contributed by atoms with Crippen molar-refractivity contribution in [2.75, 3.05) is 0 Å². The number of carbonyl (C=O) groups excluding carboxylic acids is 2. The van der Waals surface area contributed by atoms with Gasteiger partial charge in [-0.2, -0.15) is 0 Å². The van der Waals surface area contributed by atoms with Gasteiger partial charge in [-0.1, -0.05) is 6.42 Å². The number of carboxylic acid groups (broad SMARTS) is 1. The van der Waals surface area contributed by atoms with Gasteiger partial charge in [-0.15, -0.1) is 0 Å². The van der Waals surface area contributed by atoms with E-state index >= 15 is 0 Å². The highest BCUT2D eigenvalue weighted by Gasteiger charge is 2.43. The molecule has 0 radical (unpaired) electrons. The maximum atomic E-state index is 12.6. The summed E-state index contributed by atoms with van der Waals surface area (Å²) in [6.07, 6.45) is 1.76. The largest absolute Gasteiger partial charge is 0.481 e. The van der Waals surface area contributed by atoms with E-state index < -0.39 is 45.8 Å². The molecule has 1 aromatic carbocycles. The lowest BCUT2D eigenvalue weighted by atomic mass is 10.0. The lowest BCUT2D eigenvalue weighted by molar-refractivity contribution is -0.142. The van der Waals surface area contributed by atoms with Crippen molar-refractivity contribution in [2.24, 2.45) is 5.92 Å². The Bertz CT molecular complexity index is 893. The molecule has 0 aromatic heterocycles. The molecule has 1 fully saturated rings. The first-order valence-electron chi connectivity index (χ1n) is 8.41. The molecule has 2 amide bonds. The summed E-state index contributed by atoms with van der Waals surface area (Å²) in [7, 11) is -3.99. The van der Waals surface area contributed by atoms with Crippen molar-refractivity contribution >= 4 is 27.8 Å². The molecular weight excluding hydrogens is 360 g/mol. The van der Waals surface area contributed by atoms with Gasteiger partial charge < -0.3 is 10.4 Å². The molecule has 0 unspecified atom stereocenters. The van der Waals surface area contributed by atoms with Gasteiger partial charge in [0, 0.05) is 17.6 Å². The summed E-state index contributed by atoms with van der Waals surface area (Å²) in [5.41, 5.74) is 0.126. The summed E-state index contributed by atoms with van der Waals surface area (Å²) in [6.45, 7) is 3.20. The van der Waals surface area contributed by atoms with Gasteiger partial charge in [-0.05, 0) is 44.9 Å². The Hall–Kier alpha value is -2.42. The van der Waals surface area contributed by atoms with E-state index in [1.807, 2.05) is 0 Å². The number of hydrogen-bond donors (Lipinski definition) is 2. The highest BCUT2D eigenvalue weighted by molar-refractivity contribution is 7.90. The highest BCUT2D eigenvalue weighted by atomic mass is 32.2. The predicted octanol–water partition coefficient (Wildman–Crippen LogP) is 1.22. The Morgan fingerprint density at radius 3 is 2.58 bits per heavy atom. The van der Waals surface area contributed by atoms with Crippen LogP contribution in [0, 0.1) is 5.92 Å². The Kier molecular flexibility index (Phi) is 4.51. The first-order valence-corrected chi connectivity index (χ1v) is 9.85. The van der Waals surface area contributed by atoms with E-state index in [2.05, 4.69) is 5.32 Å². The molecular formula is C17H20N2O6S. The molecule has 1 aliphatic heterocycles. The number of aliphatic carboxylic acids is 1. The van der Waals surface area contributed by atoms with Crippen LogP contribution in [-0.4, -0.2) is 47.7 Å². The molecule has 26 heavy (non-hydrogen) atoms. The second kappa shape index (κ2) is 6.39. The second-order valence-electron chi connectivity index (χ2n) is 6.87. The zero-order valence-electron chi connectivity index (χ0n) is 14.4. The quantitative estimate of drug-likeness (QED) is 0.810. The van der Waals surface area contributed by atoms with Crippen molar-refractivity contribution in [3.63, 3.8) is 0 Å². The molecule has 140 valence electrons. The minimum absolute atomic E-state index is 0.0412. The van der Waals surface area contributed by atoms with Crippen molar-refractivity contribution in [3.8, 4) is 0 Å². The standard InChI is InChI=1S/C17H20N2O6S/c1-9(2)19-16(21)12-7-6-10(8-14(12)26(19,24)25)15(20)18-13-5-3-4-11(13)17(22)23/h6-9,11,13H,3-5H2,1-2H3,(H,18,20)(H,22,23)/t11-,13+/m0/s1. The fraction of sp³-hybridized carbons (Fsp3) is 0.471. The van der Waals surface area contributed by atoms with Crippen molar-refractivity contribution in [1.82, 2.24) is 9.62 Å². The highest BCUT2D eigenvalue weighted by Crippen LogP contribution is 2.33. The molecule has 9 heteroatoms. The lowest BCUT2D eigenvalue weighted by Gasteiger charge is -2.19. The summed E-state index contributed by atoms with van der Waals surface area (Å²) in [6, 6.07) is 2.88. The third kappa shape index (κ3) is 2.86. The predicted molar refractivity (Wildman–Crippen MR) is 91.2 cm³/mol. The number of nitrogens with zero attached hydrogens (tertiary/aromatic N) is 1. The number of rotatable bonds is 4. The molecule has 2 N–H and O–H groups in total. The average Bonchev–Trinajstić information content (AvgIpc) is 3.08. The van der Waals surface area contributed by atoms with E-state index in [0.717, 1.165) is 4.31 Å². The maximum absolute atomic E-state index is 12.6. The minimum Gasteiger partial charge on any atom is -0.481 e. The third-order valence-corrected chi connectivity index (χ3v) is 6.83. The number of nitrogens with one attached hydrogen (secondary N) is 1. The fourth-order valence-electron chi connectivity index (χ4n) is 3.58. The smallest absolute Gasteiger partial charge is 0.308 e. The molecule has 1 heterocycles. The average molecular weight is 380 g/mol. The number of fused-ring (bicyclic) bond motifs is 1. The summed E-state index contributed by atoms with van der Waals surface area (Å²) < 4.78 is 26.0. The van der Waals surface area contributed by atoms with Crippen LogP contribution in [0.4, 0.5) is 0 Å². The molecule has 0 saturated heterocycles. The summed E-state index contributed by atoms with van der Waals surface area (Å²) in [5, 5.41) is 11.9. The van der Waals surface area contributed by atoms with Crippen LogP contribution in [-0.2, 0) is 14.8 Å². The topological polar surface area (TPSA) is 121 Å². The summed E-state index contributed by atoms with van der Waals surface area (Å²) in [5.74, 6) is -2.75. The molecule has 3 rings (SSSR count). The monoisotopic (exact) mass is 380 g/mol. The number of carbonyl (C=O) groups is 3. The van der Waals surface area contributed by atoms with Gasteiger partial charge in [0.1, 0.15) is 4.90 Å². The van der Waals surface area contributed by atoms with Crippen LogP contribution in [0.5, 0.6) is 0 Å². The van der Waals surface area contributed by atoms with Crippen LogP contribution in [0.25, 0.3) is 0 Å². The van der Waals surface area contributed by atoms with Gasteiger partial charge in [0.05, 0.1) is 11.5 Å². The molecule has 2 aliphatic rings. The first kappa shape index (κ1) is 18.4. The molecule has 2 atom stereocenters. The maximum Gasteiger partial charge on any atom is 0.308 e. The number of benzene rings is 1. The van der Waals surface area contributed by atoms with E-state index in [-0.39, 0.29) is 16.0 Å². The Morgan fingerprint density at radius 2 is 1.96 bits per heavy atom. The summed E-state index contributed by atoms with van der Waals surface area (Å²) >= 11 is 0. The van der Waals surface area contributed by atoms with Crippen LogP contribution in [0.3, 0.4) is 0 Å². The van der Waals surface area contributed by atoms with E-state index in [4.69, 9.17) is 0 Å². The first-order chi connectivity index (χ1) is 12.1. The van der Waals surface area contributed by atoms with Crippen LogP contribution < -0.4 is 5.32 Å². The zero-order chi connectivity index (χ0) is 19.2. The van der Waals surface area contributed by atoms with E-state index in [0.29, 0.717) is 19.3 Å². The zero-order valence-corrected chi connectivity index (χ0v) is 15.2. The lowest BCUT2D eigenvalue weighted by Crippen LogP contribution is -2.40. The van der Waals surface area contributed by atoms with Gasteiger partial charge in [-0.3, -0.25) is 14.4 Å². The molecule has 1 saturated carbocycles. The van der Waals surface area contributed by atoms with E-state index in [1.54, 1.807) is 13.8 Å². The SMILES string of the molecule is CC(C)N1C(=O)c2ccc(C(=O)N[C@@H]3CCC[C@@H]3C(=O)O)cc2S1(=O)=O. The molecule has 1 aromatic rings. The minimum atomic E-state index is -3.99. The Balaban J connectivity index is 1.89. The Labute approximate surface area is 151 Å². The van der Waals surface area contributed by atoms with Gasteiger partial charge in [0.25, 0.3) is 21.8 Å². The van der Waals surface area contributed by atoms with Crippen molar-refractivity contribution in [3.05, 3.63) is 29.3 Å².